The second kappa shape index (κ2) is 6.45. The van der Waals surface area contributed by atoms with Crippen molar-refractivity contribution in [3.05, 3.63) is 51.9 Å². The first-order valence-electron chi connectivity index (χ1n) is 7.42. The molecule has 0 radical (unpaired) electrons. The van der Waals surface area contributed by atoms with Gasteiger partial charge in [-0.15, -0.1) is 11.3 Å². The number of amides is 1. The molecule has 2 heterocycles. The van der Waals surface area contributed by atoms with Crippen LogP contribution in [0.4, 0.5) is 5.69 Å². The van der Waals surface area contributed by atoms with Gasteiger partial charge in [-0.1, -0.05) is 12.1 Å². The molecular formula is C17H17N3O3S. The fraction of sp³-hybridized carbons (Fsp3) is 0.235. The number of nitrogens with one attached hydrogen (secondary N) is 1. The van der Waals surface area contributed by atoms with Gasteiger partial charge in [0, 0.05) is 4.88 Å². The third-order valence-electron chi connectivity index (χ3n) is 3.76. The lowest BCUT2D eigenvalue weighted by atomic mass is 10.2. The molecule has 0 aliphatic heterocycles. The smallest absolute Gasteiger partial charge is 0.262 e. The number of anilines is 1. The highest BCUT2D eigenvalue weighted by Crippen LogP contribution is 2.24. The summed E-state index contributed by atoms with van der Waals surface area (Å²) in [5.41, 5.74) is 0.345. The number of fused-ring (bicyclic) bond motifs is 1. The Morgan fingerprint density at radius 3 is 2.88 bits per heavy atom. The molecule has 3 aromatic rings. The zero-order valence-corrected chi connectivity index (χ0v) is 14.4. The van der Waals surface area contributed by atoms with Crippen LogP contribution in [0.2, 0.25) is 0 Å². The first-order chi connectivity index (χ1) is 11.5. The van der Waals surface area contributed by atoms with E-state index in [1.807, 2.05) is 13.0 Å². The topological polar surface area (TPSA) is 73.2 Å². The summed E-state index contributed by atoms with van der Waals surface area (Å²) < 4.78 is 6.57. The van der Waals surface area contributed by atoms with Gasteiger partial charge < -0.3 is 10.1 Å². The van der Waals surface area contributed by atoms with Gasteiger partial charge in [0.2, 0.25) is 5.91 Å². The SMILES string of the molecule is COc1ccccc1NC(=O)[C@H](C)n1cnc2sc(C)cc2c1=O. The molecule has 3 rings (SSSR count). The minimum absolute atomic E-state index is 0.216. The Labute approximate surface area is 142 Å². The number of ether oxygens (including phenoxy) is 1. The Bertz CT molecular complexity index is 961. The number of benzene rings is 1. The highest BCUT2D eigenvalue weighted by atomic mass is 32.1. The Kier molecular flexibility index (Phi) is 4.35. The number of carbonyl (C=O) groups excluding carboxylic acids is 1. The summed E-state index contributed by atoms with van der Waals surface area (Å²) in [6.45, 7) is 3.59. The summed E-state index contributed by atoms with van der Waals surface area (Å²) in [7, 11) is 1.54. The average Bonchev–Trinajstić information content (AvgIpc) is 2.96. The van der Waals surface area contributed by atoms with Gasteiger partial charge in [0.15, 0.2) is 0 Å². The Morgan fingerprint density at radius 2 is 2.12 bits per heavy atom. The molecule has 0 unspecified atom stereocenters. The van der Waals surface area contributed by atoms with E-state index in [9.17, 15) is 9.59 Å². The normalized spacial score (nSPS) is 12.1. The highest BCUT2D eigenvalue weighted by Gasteiger charge is 2.19. The van der Waals surface area contributed by atoms with E-state index >= 15 is 0 Å². The third kappa shape index (κ3) is 2.90. The number of carbonyl (C=O) groups is 1. The first-order valence-corrected chi connectivity index (χ1v) is 8.24. The van der Waals surface area contributed by atoms with Crippen LogP contribution in [0.25, 0.3) is 10.2 Å². The maximum atomic E-state index is 12.6. The number of para-hydroxylation sites is 2. The van der Waals surface area contributed by atoms with Crippen LogP contribution in [0.3, 0.4) is 0 Å². The molecule has 0 spiro atoms. The van der Waals surface area contributed by atoms with E-state index < -0.39 is 6.04 Å². The van der Waals surface area contributed by atoms with Gasteiger partial charge in [-0.2, -0.15) is 0 Å². The van der Waals surface area contributed by atoms with Gasteiger partial charge in [0.1, 0.15) is 16.6 Å². The molecule has 0 aliphatic rings. The molecule has 2 aromatic heterocycles. The Hall–Kier alpha value is -2.67. The van der Waals surface area contributed by atoms with E-state index in [0.29, 0.717) is 21.7 Å². The second-order valence-electron chi connectivity index (χ2n) is 5.40. The molecule has 6 nitrogen and oxygen atoms in total. The molecule has 0 fully saturated rings. The van der Waals surface area contributed by atoms with Gasteiger partial charge >= 0.3 is 0 Å². The zero-order chi connectivity index (χ0) is 17.3. The summed E-state index contributed by atoms with van der Waals surface area (Å²) in [4.78, 5) is 31.1. The maximum Gasteiger partial charge on any atom is 0.262 e. The van der Waals surface area contributed by atoms with Gasteiger partial charge in [-0.3, -0.25) is 14.2 Å². The zero-order valence-electron chi connectivity index (χ0n) is 13.6. The summed E-state index contributed by atoms with van der Waals surface area (Å²) in [5.74, 6) is 0.252. The van der Waals surface area contributed by atoms with Crippen molar-refractivity contribution in [3.63, 3.8) is 0 Å². The van der Waals surface area contributed by atoms with Crippen molar-refractivity contribution in [1.29, 1.82) is 0 Å². The number of aryl methyl sites for hydroxylation is 1. The fourth-order valence-electron chi connectivity index (χ4n) is 2.44. The lowest BCUT2D eigenvalue weighted by Gasteiger charge is -2.16. The lowest BCUT2D eigenvalue weighted by Crippen LogP contribution is -2.31. The standard InChI is InChI=1S/C17H17N3O3S/c1-10-8-12-16(24-10)18-9-20(17(12)22)11(2)15(21)19-13-6-4-5-7-14(13)23-3/h4-9,11H,1-3H3,(H,19,21)/t11-/m0/s1. The molecule has 0 aliphatic carbocycles. The summed E-state index contributed by atoms with van der Waals surface area (Å²) >= 11 is 1.46. The monoisotopic (exact) mass is 343 g/mol. The van der Waals surface area contributed by atoms with Crippen molar-refractivity contribution < 1.29 is 9.53 Å². The van der Waals surface area contributed by atoms with Crippen molar-refractivity contribution >= 4 is 33.1 Å². The third-order valence-corrected chi connectivity index (χ3v) is 4.72. The number of hydrogen-bond acceptors (Lipinski definition) is 5. The van der Waals surface area contributed by atoms with Gasteiger partial charge in [-0.05, 0) is 32.0 Å². The molecule has 1 aromatic carbocycles. The minimum Gasteiger partial charge on any atom is -0.495 e. The van der Waals surface area contributed by atoms with Crippen molar-refractivity contribution in [1.82, 2.24) is 9.55 Å². The van der Waals surface area contributed by atoms with Crippen LogP contribution in [-0.4, -0.2) is 22.6 Å². The van der Waals surface area contributed by atoms with Gasteiger partial charge in [0.25, 0.3) is 5.56 Å². The van der Waals surface area contributed by atoms with E-state index in [0.717, 1.165) is 4.88 Å². The predicted molar refractivity (Wildman–Crippen MR) is 95.0 cm³/mol. The van der Waals surface area contributed by atoms with Crippen LogP contribution in [0.1, 0.15) is 17.8 Å². The number of methoxy groups -OCH3 is 1. The molecule has 124 valence electrons. The molecule has 0 saturated heterocycles. The summed E-state index contributed by atoms with van der Waals surface area (Å²) in [5, 5.41) is 3.33. The van der Waals surface area contributed by atoms with Crippen molar-refractivity contribution in [2.45, 2.75) is 19.9 Å². The lowest BCUT2D eigenvalue weighted by molar-refractivity contribution is -0.118. The van der Waals surface area contributed by atoms with Crippen molar-refractivity contribution in [3.8, 4) is 5.75 Å². The Balaban J connectivity index is 1.91. The fourth-order valence-corrected chi connectivity index (χ4v) is 3.28. The first kappa shape index (κ1) is 16.2. The molecule has 7 heteroatoms. The van der Waals surface area contributed by atoms with Crippen LogP contribution in [0.15, 0.2) is 41.5 Å². The van der Waals surface area contributed by atoms with E-state index in [1.54, 1.807) is 31.2 Å². The maximum absolute atomic E-state index is 12.6. The number of hydrogen-bond donors (Lipinski definition) is 1. The number of aromatic nitrogens is 2. The van der Waals surface area contributed by atoms with Crippen molar-refractivity contribution in [2.75, 3.05) is 12.4 Å². The van der Waals surface area contributed by atoms with Crippen LogP contribution in [0.5, 0.6) is 5.75 Å². The number of rotatable bonds is 4. The summed E-state index contributed by atoms with van der Waals surface area (Å²) in [6, 6.07) is 8.23. The molecule has 1 amide bonds. The molecule has 1 N–H and O–H groups in total. The van der Waals surface area contributed by atoms with Gasteiger partial charge in [-0.25, -0.2) is 4.98 Å². The minimum atomic E-state index is -0.695. The quantitative estimate of drug-likeness (QED) is 0.790. The van der Waals surface area contributed by atoms with E-state index in [2.05, 4.69) is 10.3 Å². The van der Waals surface area contributed by atoms with Crippen LogP contribution >= 0.6 is 11.3 Å². The van der Waals surface area contributed by atoms with Crippen molar-refractivity contribution in [2.24, 2.45) is 0 Å². The summed E-state index contributed by atoms with van der Waals surface area (Å²) in [6.07, 6.45) is 1.42. The largest absolute Gasteiger partial charge is 0.495 e. The number of nitrogens with zero attached hydrogens (tertiary/aromatic N) is 2. The van der Waals surface area contributed by atoms with E-state index in [4.69, 9.17) is 4.74 Å². The number of thiophene rings is 1. The van der Waals surface area contributed by atoms with Crippen LogP contribution in [-0.2, 0) is 4.79 Å². The Morgan fingerprint density at radius 1 is 1.38 bits per heavy atom. The van der Waals surface area contributed by atoms with E-state index in [-0.39, 0.29) is 11.5 Å². The highest BCUT2D eigenvalue weighted by molar-refractivity contribution is 7.18. The molecular weight excluding hydrogens is 326 g/mol. The predicted octanol–water partition coefficient (Wildman–Crippen LogP) is 2.97. The van der Waals surface area contributed by atoms with Crippen LogP contribution < -0.4 is 15.6 Å². The molecule has 1 atom stereocenters. The second-order valence-corrected chi connectivity index (χ2v) is 6.63. The average molecular weight is 343 g/mol. The van der Waals surface area contributed by atoms with E-state index in [1.165, 1.54) is 29.3 Å². The van der Waals surface area contributed by atoms with Crippen LogP contribution in [0, 0.1) is 6.92 Å². The molecule has 0 saturated carbocycles. The molecule has 24 heavy (non-hydrogen) atoms. The van der Waals surface area contributed by atoms with Gasteiger partial charge in [0.05, 0.1) is 24.5 Å². The molecule has 0 bridgehead atoms.